The third-order valence-corrected chi connectivity index (χ3v) is 4.13. The van der Waals surface area contributed by atoms with Crippen molar-refractivity contribution >= 4 is 21.8 Å². The summed E-state index contributed by atoms with van der Waals surface area (Å²) in [7, 11) is 0. The van der Waals surface area contributed by atoms with E-state index in [2.05, 4.69) is 21.2 Å². The molecule has 0 spiro atoms. The van der Waals surface area contributed by atoms with Crippen LogP contribution < -0.4 is 11.1 Å². The van der Waals surface area contributed by atoms with Crippen molar-refractivity contribution in [2.45, 2.75) is 37.8 Å². The summed E-state index contributed by atoms with van der Waals surface area (Å²) in [6.45, 7) is 0.806. The zero-order chi connectivity index (χ0) is 15.2. The van der Waals surface area contributed by atoms with Crippen LogP contribution in [0.3, 0.4) is 0 Å². The molecule has 1 aliphatic carbocycles. The molecule has 0 saturated heterocycles. The highest BCUT2D eigenvalue weighted by molar-refractivity contribution is 9.10. The molecule has 1 saturated carbocycles. The fourth-order valence-corrected chi connectivity index (χ4v) is 2.75. The lowest BCUT2D eigenvalue weighted by molar-refractivity contribution is 0.0267. The Morgan fingerprint density at radius 3 is 2.76 bits per heavy atom. The van der Waals surface area contributed by atoms with Crippen LogP contribution in [0.25, 0.3) is 0 Å². The average molecular weight is 359 g/mol. The molecule has 0 atom stereocenters. The summed E-state index contributed by atoms with van der Waals surface area (Å²) in [4.78, 5) is 11.8. The highest BCUT2D eigenvalue weighted by atomic mass is 79.9. The number of hydrogen-bond donors (Lipinski definition) is 2. The zero-order valence-electron chi connectivity index (χ0n) is 11.8. The van der Waals surface area contributed by atoms with Gasteiger partial charge in [0.15, 0.2) is 0 Å². The molecule has 0 heterocycles. The largest absolute Gasteiger partial charge is 0.376 e. The minimum atomic E-state index is -0.538. The number of benzene rings is 1. The lowest BCUT2D eigenvalue weighted by Gasteiger charge is -2.26. The smallest absolute Gasteiger partial charge is 0.254 e. The second-order valence-electron chi connectivity index (χ2n) is 5.29. The summed E-state index contributed by atoms with van der Waals surface area (Å²) in [5.41, 5.74) is 5.87. The number of nitrogens with one attached hydrogen (secondary N) is 1. The quantitative estimate of drug-likeness (QED) is 0.795. The van der Waals surface area contributed by atoms with Gasteiger partial charge in [-0.1, -0.05) is 15.9 Å². The third-order valence-electron chi connectivity index (χ3n) is 3.64. The first-order chi connectivity index (χ1) is 10.1. The van der Waals surface area contributed by atoms with Gasteiger partial charge < -0.3 is 15.8 Å². The average Bonchev–Trinajstić information content (AvgIpc) is 2.45. The summed E-state index contributed by atoms with van der Waals surface area (Å²) >= 11 is 3.16. The summed E-state index contributed by atoms with van der Waals surface area (Å²) in [5, 5.41) is 2.66. The van der Waals surface area contributed by atoms with E-state index in [4.69, 9.17) is 10.5 Å². The molecule has 116 valence electrons. The fourth-order valence-electron chi connectivity index (χ4n) is 2.41. The molecule has 1 aliphatic rings. The Labute approximate surface area is 132 Å². The molecular formula is C15H20BrFN2O2. The number of carbonyl (C=O) groups excluding carboxylic acids is 1. The van der Waals surface area contributed by atoms with Crippen molar-refractivity contribution in [3.8, 4) is 0 Å². The Morgan fingerprint density at radius 1 is 1.38 bits per heavy atom. The maximum atomic E-state index is 13.6. The number of hydrogen-bond acceptors (Lipinski definition) is 3. The van der Waals surface area contributed by atoms with Crippen LogP contribution in [0.5, 0.6) is 0 Å². The first kappa shape index (κ1) is 16.4. The van der Waals surface area contributed by atoms with Gasteiger partial charge >= 0.3 is 0 Å². The summed E-state index contributed by atoms with van der Waals surface area (Å²) < 4.78 is 19.9. The summed E-state index contributed by atoms with van der Waals surface area (Å²) in [5.74, 6) is -0.960. The molecule has 3 N–H and O–H groups in total. The monoisotopic (exact) mass is 358 g/mol. The van der Waals surface area contributed by atoms with Crippen LogP contribution in [0, 0.1) is 5.82 Å². The lowest BCUT2D eigenvalue weighted by Crippen LogP contribution is -2.33. The third kappa shape index (κ3) is 5.05. The van der Waals surface area contributed by atoms with Crippen LogP contribution in [0.4, 0.5) is 4.39 Å². The predicted molar refractivity (Wildman–Crippen MR) is 82.6 cm³/mol. The molecule has 0 bridgehead atoms. The van der Waals surface area contributed by atoms with Crippen LogP contribution in [-0.4, -0.2) is 31.2 Å². The van der Waals surface area contributed by atoms with Crippen molar-refractivity contribution in [1.29, 1.82) is 0 Å². The van der Waals surface area contributed by atoms with Crippen LogP contribution in [0.1, 0.15) is 36.0 Å². The lowest BCUT2D eigenvalue weighted by atomic mass is 9.94. The Balaban J connectivity index is 1.69. The van der Waals surface area contributed by atoms with Gasteiger partial charge in [0.05, 0.1) is 18.3 Å². The van der Waals surface area contributed by atoms with Gasteiger partial charge in [0, 0.05) is 17.1 Å². The first-order valence-electron chi connectivity index (χ1n) is 7.16. The maximum absolute atomic E-state index is 13.6. The minimum Gasteiger partial charge on any atom is -0.376 e. The topological polar surface area (TPSA) is 64.3 Å². The highest BCUT2D eigenvalue weighted by Gasteiger charge is 2.18. The highest BCUT2D eigenvalue weighted by Crippen LogP contribution is 2.19. The van der Waals surface area contributed by atoms with Crippen LogP contribution in [0.15, 0.2) is 22.7 Å². The molecule has 6 heteroatoms. The van der Waals surface area contributed by atoms with Gasteiger partial charge in [-0.3, -0.25) is 4.79 Å². The van der Waals surface area contributed by atoms with E-state index in [0.29, 0.717) is 23.7 Å². The van der Waals surface area contributed by atoms with Crippen molar-refractivity contribution in [2.75, 3.05) is 13.2 Å². The van der Waals surface area contributed by atoms with Crippen molar-refractivity contribution in [3.05, 3.63) is 34.1 Å². The molecule has 1 aromatic rings. The summed E-state index contributed by atoms with van der Waals surface area (Å²) in [6, 6.07) is 4.67. The van der Waals surface area contributed by atoms with E-state index in [1.54, 1.807) is 6.07 Å². The second kappa shape index (κ2) is 7.87. The van der Waals surface area contributed by atoms with Crippen molar-refractivity contribution in [2.24, 2.45) is 5.73 Å². The molecule has 0 aliphatic heterocycles. The van der Waals surface area contributed by atoms with Crippen molar-refractivity contribution in [3.63, 3.8) is 0 Å². The van der Waals surface area contributed by atoms with E-state index in [1.807, 2.05) is 0 Å². The Kier molecular flexibility index (Phi) is 6.14. The number of rotatable bonds is 5. The molecule has 0 unspecified atom stereocenters. The van der Waals surface area contributed by atoms with E-state index >= 15 is 0 Å². The molecule has 21 heavy (non-hydrogen) atoms. The Bertz CT molecular complexity index is 491. The molecule has 1 amide bonds. The zero-order valence-corrected chi connectivity index (χ0v) is 13.4. The normalized spacial score (nSPS) is 22.0. The van der Waals surface area contributed by atoms with E-state index in [-0.39, 0.29) is 11.7 Å². The first-order valence-corrected chi connectivity index (χ1v) is 7.96. The molecule has 2 rings (SSSR count). The van der Waals surface area contributed by atoms with Gasteiger partial charge in [0.1, 0.15) is 5.82 Å². The number of halogens is 2. The van der Waals surface area contributed by atoms with E-state index < -0.39 is 11.7 Å². The Hall–Kier alpha value is -0.980. The van der Waals surface area contributed by atoms with E-state index in [1.165, 1.54) is 12.1 Å². The molecule has 1 fully saturated rings. The maximum Gasteiger partial charge on any atom is 0.254 e. The van der Waals surface area contributed by atoms with Crippen molar-refractivity contribution < 1.29 is 13.9 Å². The minimum absolute atomic E-state index is 0.0434. The van der Waals surface area contributed by atoms with Gasteiger partial charge in [-0.15, -0.1) is 0 Å². The van der Waals surface area contributed by atoms with Crippen LogP contribution in [0.2, 0.25) is 0 Å². The second-order valence-corrected chi connectivity index (χ2v) is 6.20. The van der Waals surface area contributed by atoms with Gasteiger partial charge in [-0.05, 0) is 43.9 Å². The molecule has 0 aromatic heterocycles. The van der Waals surface area contributed by atoms with Gasteiger partial charge in [0.25, 0.3) is 5.91 Å². The van der Waals surface area contributed by atoms with E-state index in [9.17, 15) is 9.18 Å². The standard InChI is InChI=1S/C15H20BrFN2O2/c16-10-1-6-13(14(17)9-10)15(20)19-7-8-21-12-4-2-11(18)3-5-12/h1,6,9,11-12H,2-5,7-8,18H2,(H,19,20). The van der Waals surface area contributed by atoms with Gasteiger partial charge in [-0.25, -0.2) is 4.39 Å². The Morgan fingerprint density at radius 2 is 2.10 bits per heavy atom. The van der Waals surface area contributed by atoms with Crippen LogP contribution >= 0.6 is 15.9 Å². The number of carbonyl (C=O) groups is 1. The SMILES string of the molecule is NC1CCC(OCCNC(=O)c2ccc(Br)cc2F)CC1. The predicted octanol–water partition coefficient (Wildman–Crippen LogP) is 2.60. The molecule has 4 nitrogen and oxygen atoms in total. The fraction of sp³-hybridized carbons (Fsp3) is 0.533. The number of nitrogens with two attached hydrogens (primary N) is 1. The van der Waals surface area contributed by atoms with E-state index in [0.717, 1.165) is 25.7 Å². The molecular weight excluding hydrogens is 339 g/mol. The van der Waals surface area contributed by atoms with Crippen molar-refractivity contribution in [1.82, 2.24) is 5.32 Å². The van der Waals surface area contributed by atoms with Gasteiger partial charge in [0.2, 0.25) is 0 Å². The molecule has 0 radical (unpaired) electrons. The van der Waals surface area contributed by atoms with Crippen LogP contribution in [-0.2, 0) is 4.74 Å². The summed E-state index contributed by atoms with van der Waals surface area (Å²) in [6.07, 6.45) is 4.14. The van der Waals surface area contributed by atoms with Gasteiger partial charge in [-0.2, -0.15) is 0 Å². The number of ether oxygens (including phenoxy) is 1. The number of amides is 1. The molecule has 1 aromatic carbocycles.